The van der Waals surface area contributed by atoms with Crippen LogP contribution in [0.1, 0.15) is 15.9 Å². The van der Waals surface area contributed by atoms with Gasteiger partial charge in [-0.2, -0.15) is 41.3 Å². The summed E-state index contributed by atoms with van der Waals surface area (Å²) in [5, 5.41) is 47.1. The second-order valence-corrected chi connectivity index (χ2v) is 16.4. The first-order valence-corrected chi connectivity index (χ1v) is 20.5. The lowest BCUT2D eigenvalue weighted by Crippen LogP contribution is -2.29. The number of hydrogen-bond acceptors (Lipinski definition) is 21. The number of aromatic hydroxyl groups is 1. The van der Waals surface area contributed by atoms with E-state index in [1.807, 2.05) is 0 Å². The summed E-state index contributed by atoms with van der Waals surface area (Å²) in [4.78, 5) is 23.2. The van der Waals surface area contributed by atoms with Crippen LogP contribution >= 0.6 is 12.0 Å². The molecule has 7 N–H and O–H groups in total. The van der Waals surface area contributed by atoms with Gasteiger partial charge in [-0.15, -0.1) is 14.6 Å². The van der Waals surface area contributed by atoms with Crippen LogP contribution in [0.4, 0.5) is 33.3 Å². The fourth-order valence-corrected chi connectivity index (χ4v) is 6.61. The number of sulfone groups is 1. The number of amidine groups is 1. The lowest BCUT2D eigenvalue weighted by Gasteiger charge is -2.18. The van der Waals surface area contributed by atoms with Crippen LogP contribution in [-0.4, -0.2) is 108 Å². The number of hydrogen-bond donors (Lipinski definition) is 7. The Hall–Kier alpha value is -5.50. The summed E-state index contributed by atoms with van der Waals surface area (Å²) in [7, 11) is -12.6. The van der Waals surface area contributed by atoms with Gasteiger partial charge in [0.2, 0.25) is 17.7 Å². The van der Waals surface area contributed by atoms with Gasteiger partial charge in [-0.3, -0.25) is 14.5 Å². The first-order valence-electron chi connectivity index (χ1n) is 15.1. The highest BCUT2D eigenvalue weighted by Gasteiger charge is 2.21. The van der Waals surface area contributed by atoms with Crippen molar-refractivity contribution in [3.8, 4) is 5.75 Å². The van der Waals surface area contributed by atoms with Gasteiger partial charge in [0.05, 0.1) is 52.0 Å². The molecule has 1 heterocycles. The van der Waals surface area contributed by atoms with Gasteiger partial charge >= 0.3 is 22.4 Å². The van der Waals surface area contributed by atoms with Gasteiger partial charge in [0, 0.05) is 24.1 Å². The van der Waals surface area contributed by atoms with E-state index in [9.17, 15) is 49.2 Å². The maximum absolute atomic E-state index is 14.5. The molecule has 0 saturated heterocycles. The predicted molar refractivity (Wildman–Crippen MR) is 196 cm³/mol. The Balaban J connectivity index is 1.65. The molecule has 1 aromatic heterocycles. The number of nitrogens with zero attached hydrogens (tertiary/aromatic N) is 7. The molecule has 0 unspecified atom stereocenters. The topological polar surface area (TPSA) is 351 Å². The molecule has 0 atom stereocenters. The third-order valence-electron chi connectivity index (χ3n) is 6.86. The molecule has 0 aliphatic carbocycles. The summed E-state index contributed by atoms with van der Waals surface area (Å²) < 4.78 is 112. The summed E-state index contributed by atoms with van der Waals surface area (Å²) in [5.74, 6) is -5.00. The van der Waals surface area contributed by atoms with Crippen molar-refractivity contribution in [3.63, 3.8) is 0 Å². The van der Waals surface area contributed by atoms with Gasteiger partial charge in [0.25, 0.3) is 10.1 Å². The zero-order valence-electron chi connectivity index (χ0n) is 28.6. The molecule has 0 saturated carbocycles. The van der Waals surface area contributed by atoms with Gasteiger partial charge in [-0.05, 0) is 30.3 Å². The molecule has 0 spiro atoms. The summed E-state index contributed by atoms with van der Waals surface area (Å²) >= 11 is 0.504. The van der Waals surface area contributed by atoms with Crippen molar-refractivity contribution in [2.24, 2.45) is 15.3 Å². The van der Waals surface area contributed by atoms with E-state index in [1.165, 1.54) is 37.4 Å². The zero-order valence-corrected chi connectivity index (χ0v) is 31.8. The highest BCUT2D eigenvalue weighted by atomic mass is 32.3. The molecule has 0 radical (unpaired) electrons. The summed E-state index contributed by atoms with van der Waals surface area (Å²) in [5.41, 5.74) is 1.30. The average molecular weight is 878 g/mol. The van der Waals surface area contributed by atoms with Crippen molar-refractivity contribution in [1.29, 1.82) is 0 Å². The van der Waals surface area contributed by atoms with Crippen molar-refractivity contribution < 1.29 is 72.6 Å². The molecule has 0 aliphatic rings. The summed E-state index contributed by atoms with van der Waals surface area (Å²) in [6.07, 6.45) is -1.41. The number of benzene rings is 3. The van der Waals surface area contributed by atoms with Crippen LogP contribution in [0.25, 0.3) is 0 Å². The van der Waals surface area contributed by atoms with Crippen molar-refractivity contribution >= 4 is 83.2 Å². The van der Waals surface area contributed by atoms with Gasteiger partial charge in [0.15, 0.2) is 15.6 Å². The molecule has 0 amide bonds. The van der Waals surface area contributed by atoms with E-state index in [0.29, 0.717) is 12.0 Å². The highest BCUT2D eigenvalue weighted by molar-refractivity contribution is 7.94. The lowest BCUT2D eigenvalue weighted by atomic mass is 10.2. The molecule has 29 heteroatoms. The zero-order chi connectivity index (χ0) is 42.0. The van der Waals surface area contributed by atoms with E-state index in [1.54, 1.807) is 18.2 Å². The van der Waals surface area contributed by atoms with Crippen molar-refractivity contribution in [2.45, 2.75) is 9.79 Å². The number of azo groups is 1. The third kappa shape index (κ3) is 13.6. The Labute approximate surface area is 325 Å². The Bertz CT molecular complexity index is 2500. The van der Waals surface area contributed by atoms with E-state index < -0.39 is 94.4 Å². The van der Waals surface area contributed by atoms with Gasteiger partial charge in [0.1, 0.15) is 5.69 Å². The van der Waals surface area contributed by atoms with E-state index in [0.717, 1.165) is 17.0 Å². The van der Waals surface area contributed by atoms with Gasteiger partial charge < -0.3 is 20.4 Å². The Morgan fingerprint density at radius 1 is 0.965 bits per heavy atom. The van der Waals surface area contributed by atoms with Crippen LogP contribution < -0.4 is 15.6 Å². The number of aromatic carboxylic acids is 1. The third-order valence-corrected chi connectivity index (χ3v) is 10.3. The van der Waals surface area contributed by atoms with Crippen molar-refractivity contribution in [1.82, 2.24) is 15.0 Å². The van der Waals surface area contributed by atoms with Crippen LogP contribution in [0.3, 0.4) is 0 Å². The number of rotatable bonds is 19. The standard InChI is InChI=1S/C28H28FN9O15S4/c1-38(9-11-55(43,44)12-10-51-57(48,49)50)28-32-26(29)31-27(33-28)30-21-14-18(56(45,46)47)15-22(23(21)39)35-37-24(16-5-3-2-4-6-16)36-34-20-8-7-17(54-53-52-42)13-19(20)25(40)41/h2-8,13-15,34,39,42H,9-12H2,1H3,(H,40,41)(H,45,46,47)(H,48,49,50)(H,30,31,32,33). The van der Waals surface area contributed by atoms with E-state index in [4.69, 9.17) is 9.81 Å². The number of halogens is 1. The number of hydrazone groups is 1. The molecule has 0 fully saturated rings. The second kappa shape index (κ2) is 19.1. The SMILES string of the molecule is CN(CCS(=O)(=O)CCOS(=O)(=O)O)c1nc(F)nc(Nc2cc(S(=O)(=O)O)cc(N=NC(=NNc3ccc(SOOO)cc3C(=O)O)c3ccccc3)c2O)n1. The Kier molecular flexibility index (Phi) is 14.8. The molecule has 3 aromatic carbocycles. The number of nitrogens with one attached hydrogen (secondary N) is 2. The van der Waals surface area contributed by atoms with E-state index in [-0.39, 0.29) is 34.1 Å². The quantitative estimate of drug-likeness (QED) is 0.0104. The maximum atomic E-state index is 14.5. The minimum absolute atomic E-state index is 0.0513. The Morgan fingerprint density at radius 2 is 1.68 bits per heavy atom. The van der Waals surface area contributed by atoms with Crippen LogP contribution in [-0.2, 0) is 43.9 Å². The first-order chi connectivity index (χ1) is 26.7. The van der Waals surface area contributed by atoms with E-state index >= 15 is 0 Å². The van der Waals surface area contributed by atoms with Gasteiger partial charge in [-0.1, -0.05) is 35.4 Å². The van der Waals surface area contributed by atoms with Crippen LogP contribution in [0, 0.1) is 6.08 Å². The smallest absolute Gasteiger partial charge is 0.397 e. The van der Waals surface area contributed by atoms with Crippen LogP contribution in [0.5, 0.6) is 5.75 Å². The largest absolute Gasteiger partial charge is 0.504 e. The predicted octanol–water partition coefficient (Wildman–Crippen LogP) is 3.06. The molecule has 0 aliphatic heterocycles. The summed E-state index contributed by atoms with van der Waals surface area (Å²) in [6, 6.07) is 13.2. The number of phenols is 1. The molecule has 0 bridgehead atoms. The highest BCUT2D eigenvalue weighted by Crippen LogP contribution is 2.39. The molecule has 4 rings (SSSR count). The number of aromatic nitrogens is 3. The number of phenolic OH excluding ortho intramolecular Hbond substituents is 1. The number of carboxylic acid groups (broad SMARTS) is 1. The first kappa shape index (κ1) is 44.2. The fraction of sp³-hybridized carbons (Fsp3) is 0.179. The minimum Gasteiger partial charge on any atom is -0.504 e. The van der Waals surface area contributed by atoms with Crippen LogP contribution in [0.15, 0.2) is 85.8 Å². The molecule has 306 valence electrons. The molecule has 57 heavy (non-hydrogen) atoms. The lowest BCUT2D eigenvalue weighted by molar-refractivity contribution is -0.432. The number of carboxylic acids is 1. The molecular formula is C28H28FN9O15S4. The van der Waals surface area contributed by atoms with Crippen molar-refractivity contribution in [2.75, 3.05) is 47.3 Å². The molecule has 24 nitrogen and oxygen atoms in total. The maximum Gasteiger partial charge on any atom is 0.397 e. The van der Waals surface area contributed by atoms with Crippen LogP contribution in [0.2, 0.25) is 0 Å². The monoisotopic (exact) mass is 877 g/mol. The molecular weight excluding hydrogens is 850 g/mol. The summed E-state index contributed by atoms with van der Waals surface area (Å²) in [6.45, 7) is -1.24. The van der Waals surface area contributed by atoms with E-state index in [2.05, 4.69) is 54.6 Å². The van der Waals surface area contributed by atoms with Crippen molar-refractivity contribution in [3.05, 3.63) is 77.9 Å². The number of anilines is 4. The fourth-order valence-electron chi connectivity index (χ4n) is 4.20. The Morgan fingerprint density at radius 3 is 2.33 bits per heavy atom. The van der Waals surface area contributed by atoms with Gasteiger partial charge in [-0.25, -0.2) is 22.7 Å². The average Bonchev–Trinajstić information content (AvgIpc) is 3.13. The number of carbonyl (C=O) groups is 1. The normalized spacial score (nSPS) is 12.5. The minimum atomic E-state index is -5.01. The molecule has 4 aromatic rings. The second-order valence-electron chi connectivity index (χ2n) is 10.8.